The number of amides is 1. The summed E-state index contributed by atoms with van der Waals surface area (Å²) in [5.41, 5.74) is 2.02. The predicted molar refractivity (Wildman–Crippen MR) is 105 cm³/mol. The number of nitrogens with one attached hydrogen (secondary N) is 1. The summed E-state index contributed by atoms with van der Waals surface area (Å²) in [6, 6.07) is 15.4. The van der Waals surface area contributed by atoms with E-state index >= 15 is 0 Å². The highest BCUT2D eigenvalue weighted by molar-refractivity contribution is 5.92. The van der Waals surface area contributed by atoms with Crippen molar-refractivity contribution in [2.24, 2.45) is 5.92 Å². The van der Waals surface area contributed by atoms with Gasteiger partial charge in [-0.3, -0.25) is 4.79 Å². The minimum atomic E-state index is -0.109. The fourth-order valence-corrected chi connectivity index (χ4v) is 2.69. The van der Waals surface area contributed by atoms with Crippen molar-refractivity contribution in [2.75, 3.05) is 14.2 Å². The molecule has 0 aromatic heterocycles. The Bertz CT molecular complexity index is 718. The Morgan fingerprint density at radius 3 is 2.00 bits per heavy atom. The fourth-order valence-electron chi connectivity index (χ4n) is 2.69. The second-order valence-corrected chi connectivity index (χ2v) is 6.57. The van der Waals surface area contributed by atoms with Crippen LogP contribution in [0.15, 0.2) is 54.6 Å². The molecule has 1 N–H and O–H groups in total. The van der Waals surface area contributed by atoms with Gasteiger partial charge in [0.25, 0.3) is 0 Å². The van der Waals surface area contributed by atoms with Gasteiger partial charge in [0.15, 0.2) is 0 Å². The van der Waals surface area contributed by atoms with E-state index < -0.39 is 0 Å². The maximum absolute atomic E-state index is 12.4. The molecule has 0 heterocycles. The number of methoxy groups -OCH3 is 2. The van der Waals surface area contributed by atoms with Gasteiger partial charge in [0.1, 0.15) is 11.5 Å². The van der Waals surface area contributed by atoms with Crippen molar-refractivity contribution in [3.05, 3.63) is 65.7 Å². The van der Waals surface area contributed by atoms with E-state index in [0.29, 0.717) is 5.92 Å². The standard InChI is InChI=1S/C22H27NO3/c1-16(2)15-21(18-8-12-20(26-4)13-9-18)23-22(24)14-7-17-5-10-19(25-3)11-6-17/h5-14,16,21H,15H2,1-4H3,(H,23,24)/b14-7+. The summed E-state index contributed by atoms with van der Waals surface area (Å²) in [5, 5.41) is 3.10. The van der Waals surface area contributed by atoms with Crippen LogP contribution in [0.25, 0.3) is 6.08 Å². The number of benzene rings is 2. The van der Waals surface area contributed by atoms with Crippen LogP contribution in [-0.2, 0) is 4.79 Å². The minimum Gasteiger partial charge on any atom is -0.497 e. The molecule has 1 amide bonds. The molecule has 0 spiro atoms. The van der Waals surface area contributed by atoms with Crippen molar-refractivity contribution in [2.45, 2.75) is 26.3 Å². The van der Waals surface area contributed by atoms with Crippen molar-refractivity contribution in [3.8, 4) is 11.5 Å². The van der Waals surface area contributed by atoms with Crippen LogP contribution < -0.4 is 14.8 Å². The molecule has 0 radical (unpaired) electrons. The van der Waals surface area contributed by atoms with Gasteiger partial charge in [0.2, 0.25) is 5.91 Å². The first-order valence-corrected chi connectivity index (χ1v) is 8.78. The second kappa shape index (κ2) is 9.66. The normalized spacial score (nSPS) is 12.2. The first kappa shape index (κ1) is 19.6. The largest absolute Gasteiger partial charge is 0.497 e. The highest BCUT2D eigenvalue weighted by Gasteiger charge is 2.15. The van der Waals surface area contributed by atoms with E-state index in [1.165, 1.54) is 0 Å². The molecule has 4 nitrogen and oxygen atoms in total. The lowest BCUT2D eigenvalue weighted by molar-refractivity contribution is -0.117. The van der Waals surface area contributed by atoms with Crippen LogP contribution in [0.1, 0.15) is 37.4 Å². The van der Waals surface area contributed by atoms with Gasteiger partial charge in [0.05, 0.1) is 20.3 Å². The van der Waals surface area contributed by atoms with Gasteiger partial charge in [-0.05, 0) is 53.8 Å². The van der Waals surface area contributed by atoms with Crippen LogP contribution >= 0.6 is 0 Å². The zero-order chi connectivity index (χ0) is 18.9. The van der Waals surface area contributed by atoms with Gasteiger partial charge in [-0.1, -0.05) is 38.1 Å². The minimum absolute atomic E-state index is 0.0334. The molecule has 0 saturated heterocycles. The highest BCUT2D eigenvalue weighted by atomic mass is 16.5. The van der Waals surface area contributed by atoms with Crippen molar-refractivity contribution < 1.29 is 14.3 Å². The number of carbonyl (C=O) groups is 1. The molecule has 0 bridgehead atoms. The first-order chi connectivity index (χ1) is 12.5. The summed E-state index contributed by atoms with van der Waals surface area (Å²) in [4.78, 5) is 12.4. The Morgan fingerprint density at radius 1 is 0.962 bits per heavy atom. The quantitative estimate of drug-likeness (QED) is 0.705. The highest BCUT2D eigenvalue weighted by Crippen LogP contribution is 2.23. The molecule has 2 aromatic rings. The second-order valence-electron chi connectivity index (χ2n) is 6.57. The molecule has 0 aliphatic carbocycles. The average molecular weight is 353 g/mol. The van der Waals surface area contributed by atoms with E-state index in [4.69, 9.17) is 9.47 Å². The zero-order valence-electron chi connectivity index (χ0n) is 15.9. The molecular weight excluding hydrogens is 326 g/mol. The molecular formula is C22H27NO3. The predicted octanol–water partition coefficient (Wildman–Crippen LogP) is 4.62. The number of carbonyl (C=O) groups excluding carboxylic acids is 1. The summed E-state index contributed by atoms with van der Waals surface area (Å²) in [5.74, 6) is 1.96. The van der Waals surface area contributed by atoms with E-state index in [1.807, 2.05) is 48.5 Å². The van der Waals surface area contributed by atoms with Gasteiger partial charge < -0.3 is 14.8 Å². The average Bonchev–Trinajstić information content (AvgIpc) is 2.66. The zero-order valence-corrected chi connectivity index (χ0v) is 15.9. The molecule has 0 fully saturated rings. The summed E-state index contributed by atoms with van der Waals surface area (Å²) in [6.07, 6.45) is 4.24. The maximum Gasteiger partial charge on any atom is 0.244 e. The van der Waals surface area contributed by atoms with Gasteiger partial charge >= 0.3 is 0 Å². The fraction of sp³-hybridized carbons (Fsp3) is 0.318. The molecule has 138 valence electrons. The monoisotopic (exact) mass is 353 g/mol. The van der Waals surface area contributed by atoms with Crippen molar-refractivity contribution in [1.29, 1.82) is 0 Å². The van der Waals surface area contributed by atoms with Gasteiger partial charge in [0, 0.05) is 6.08 Å². The summed E-state index contributed by atoms with van der Waals surface area (Å²) < 4.78 is 10.3. The van der Waals surface area contributed by atoms with Crippen LogP contribution in [0.2, 0.25) is 0 Å². The Morgan fingerprint density at radius 2 is 1.50 bits per heavy atom. The smallest absolute Gasteiger partial charge is 0.244 e. The Balaban J connectivity index is 2.05. The van der Waals surface area contributed by atoms with Crippen LogP contribution in [-0.4, -0.2) is 20.1 Å². The van der Waals surface area contributed by atoms with Crippen LogP contribution in [0.3, 0.4) is 0 Å². The topological polar surface area (TPSA) is 47.6 Å². The van der Waals surface area contributed by atoms with E-state index in [-0.39, 0.29) is 11.9 Å². The summed E-state index contributed by atoms with van der Waals surface area (Å²) in [6.45, 7) is 4.30. The molecule has 0 saturated carbocycles. The summed E-state index contributed by atoms with van der Waals surface area (Å²) >= 11 is 0. The maximum atomic E-state index is 12.4. The third-order valence-electron chi connectivity index (χ3n) is 4.08. The van der Waals surface area contributed by atoms with Crippen LogP contribution in [0.4, 0.5) is 0 Å². The lowest BCUT2D eigenvalue weighted by atomic mass is 9.97. The van der Waals surface area contributed by atoms with Crippen molar-refractivity contribution in [3.63, 3.8) is 0 Å². The third-order valence-corrected chi connectivity index (χ3v) is 4.08. The van der Waals surface area contributed by atoms with E-state index in [9.17, 15) is 4.79 Å². The molecule has 1 unspecified atom stereocenters. The Kier molecular flexibility index (Phi) is 7.27. The molecule has 26 heavy (non-hydrogen) atoms. The van der Waals surface area contributed by atoms with Crippen molar-refractivity contribution in [1.82, 2.24) is 5.32 Å². The SMILES string of the molecule is COc1ccc(/C=C/C(=O)NC(CC(C)C)c2ccc(OC)cc2)cc1. The lowest BCUT2D eigenvalue weighted by Gasteiger charge is -2.20. The molecule has 4 heteroatoms. The van der Waals surface area contributed by atoms with Crippen LogP contribution in [0, 0.1) is 5.92 Å². The first-order valence-electron chi connectivity index (χ1n) is 8.78. The molecule has 2 aromatic carbocycles. The summed E-state index contributed by atoms with van der Waals surface area (Å²) in [7, 11) is 3.28. The third kappa shape index (κ3) is 5.96. The van der Waals surface area contributed by atoms with E-state index in [1.54, 1.807) is 26.4 Å². The van der Waals surface area contributed by atoms with Crippen molar-refractivity contribution >= 4 is 12.0 Å². The number of hydrogen-bond acceptors (Lipinski definition) is 3. The van der Waals surface area contributed by atoms with Gasteiger partial charge in [-0.25, -0.2) is 0 Å². The molecule has 0 aliphatic heterocycles. The molecule has 1 atom stereocenters. The number of hydrogen-bond donors (Lipinski definition) is 1. The lowest BCUT2D eigenvalue weighted by Crippen LogP contribution is -2.27. The number of ether oxygens (including phenoxy) is 2. The van der Waals surface area contributed by atoms with Crippen LogP contribution in [0.5, 0.6) is 11.5 Å². The van der Waals surface area contributed by atoms with Gasteiger partial charge in [-0.2, -0.15) is 0 Å². The Labute approximate surface area is 155 Å². The Hall–Kier alpha value is -2.75. The molecule has 2 rings (SSSR count). The van der Waals surface area contributed by atoms with E-state index in [0.717, 1.165) is 29.0 Å². The van der Waals surface area contributed by atoms with Gasteiger partial charge in [-0.15, -0.1) is 0 Å². The number of rotatable bonds is 8. The molecule has 0 aliphatic rings. The van der Waals surface area contributed by atoms with E-state index in [2.05, 4.69) is 19.2 Å².